The van der Waals surface area contributed by atoms with Gasteiger partial charge in [0.25, 0.3) is 0 Å². The summed E-state index contributed by atoms with van der Waals surface area (Å²) >= 11 is 7.82. The van der Waals surface area contributed by atoms with E-state index in [9.17, 15) is 0 Å². The van der Waals surface area contributed by atoms with Crippen LogP contribution >= 0.6 is 23.4 Å². The highest BCUT2D eigenvalue weighted by Gasteiger charge is 2.43. The molecule has 1 saturated heterocycles. The molecular weight excluding hydrogens is 404 g/mol. The molecule has 0 amide bonds. The predicted molar refractivity (Wildman–Crippen MR) is 117 cm³/mol. The van der Waals surface area contributed by atoms with Gasteiger partial charge in [0.2, 0.25) is 5.95 Å². The molecule has 0 bridgehead atoms. The molecule has 152 valence electrons. The third-order valence-corrected chi connectivity index (χ3v) is 8.26. The van der Waals surface area contributed by atoms with Crippen molar-refractivity contribution in [3.05, 3.63) is 41.6 Å². The Morgan fingerprint density at radius 2 is 1.97 bits per heavy atom. The monoisotopic (exact) mass is 428 g/mol. The van der Waals surface area contributed by atoms with Gasteiger partial charge in [0.1, 0.15) is 5.15 Å². The molecule has 1 aliphatic carbocycles. The lowest BCUT2D eigenvalue weighted by atomic mass is 9.74. The molecule has 2 aliphatic rings. The second-order valence-electron chi connectivity index (χ2n) is 8.22. The molecule has 1 aliphatic heterocycles. The Labute approximate surface area is 179 Å². The first kappa shape index (κ1) is 19.2. The minimum Gasteiger partial charge on any atom is -0.342 e. The first-order chi connectivity index (χ1) is 14.1. The molecule has 1 atom stereocenters. The van der Waals surface area contributed by atoms with Gasteiger partial charge in [0.05, 0.1) is 4.90 Å². The van der Waals surface area contributed by atoms with Gasteiger partial charge in [-0.2, -0.15) is 0 Å². The summed E-state index contributed by atoms with van der Waals surface area (Å²) in [5.41, 5.74) is 8.69. The molecule has 3 aromatic heterocycles. The van der Waals surface area contributed by atoms with Crippen LogP contribution in [0.5, 0.6) is 0 Å². The average Bonchev–Trinajstić information content (AvgIpc) is 3.35. The summed E-state index contributed by atoms with van der Waals surface area (Å²) in [7, 11) is 0. The SMILES string of the molecule is Cc1c(Sc2cnc(N3CCC4(CCC[C@H]4N)CC3)n3ccnc23)ccnc1Cl. The summed E-state index contributed by atoms with van der Waals surface area (Å²) in [5, 5.41) is 0.534. The number of imidazole rings is 1. The fourth-order valence-electron chi connectivity index (χ4n) is 4.85. The quantitative estimate of drug-likeness (QED) is 0.626. The number of hydrogen-bond donors (Lipinski definition) is 1. The summed E-state index contributed by atoms with van der Waals surface area (Å²) in [6.07, 6.45) is 13.5. The third-order valence-electron chi connectivity index (χ3n) is 6.71. The second kappa shape index (κ2) is 7.45. The molecule has 0 unspecified atom stereocenters. The first-order valence-electron chi connectivity index (χ1n) is 10.2. The standard InChI is InChI=1S/C21H25ClN6S/c1-14-15(4-8-24-18(14)22)29-16-13-26-20(28-12-9-25-19(16)28)27-10-6-21(7-11-27)5-2-3-17(21)23/h4,8-9,12-13,17H,2-3,5-7,10-11,23H2,1H3/t17-/m1/s1. The largest absolute Gasteiger partial charge is 0.342 e. The number of fused-ring (bicyclic) bond motifs is 1. The first-order valence-corrected chi connectivity index (χ1v) is 11.4. The van der Waals surface area contributed by atoms with Crippen LogP contribution in [0.2, 0.25) is 5.15 Å². The highest BCUT2D eigenvalue weighted by Crippen LogP contribution is 2.46. The van der Waals surface area contributed by atoms with Gasteiger partial charge < -0.3 is 10.6 Å². The molecular formula is C21H25ClN6S. The van der Waals surface area contributed by atoms with Crippen LogP contribution in [0.4, 0.5) is 5.95 Å². The summed E-state index contributed by atoms with van der Waals surface area (Å²) in [5.74, 6) is 0.966. The molecule has 0 radical (unpaired) electrons. The van der Waals surface area contributed by atoms with Crippen LogP contribution in [0.15, 0.2) is 40.6 Å². The summed E-state index contributed by atoms with van der Waals surface area (Å²) < 4.78 is 2.10. The van der Waals surface area contributed by atoms with E-state index in [1.54, 1.807) is 18.0 Å². The van der Waals surface area contributed by atoms with Crippen molar-refractivity contribution in [2.75, 3.05) is 18.0 Å². The number of anilines is 1. The smallest absolute Gasteiger partial charge is 0.211 e. The van der Waals surface area contributed by atoms with Gasteiger partial charge in [-0.05, 0) is 44.1 Å². The molecule has 6 nitrogen and oxygen atoms in total. The Hall–Kier alpha value is -1.83. The highest BCUT2D eigenvalue weighted by molar-refractivity contribution is 7.99. The molecule has 3 aromatic rings. The Morgan fingerprint density at radius 1 is 1.14 bits per heavy atom. The van der Waals surface area contributed by atoms with E-state index < -0.39 is 0 Å². The maximum Gasteiger partial charge on any atom is 0.211 e. The van der Waals surface area contributed by atoms with E-state index in [1.807, 2.05) is 31.6 Å². The maximum atomic E-state index is 6.45. The van der Waals surface area contributed by atoms with Crippen LogP contribution in [0.1, 0.15) is 37.7 Å². The van der Waals surface area contributed by atoms with Gasteiger partial charge in [-0.15, -0.1) is 0 Å². The fourth-order valence-corrected chi connectivity index (χ4v) is 6.03. The number of rotatable bonds is 3. The number of nitrogens with two attached hydrogens (primary N) is 1. The van der Waals surface area contributed by atoms with E-state index in [2.05, 4.69) is 19.3 Å². The van der Waals surface area contributed by atoms with Crippen LogP contribution in [0, 0.1) is 12.3 Å². The Morgan fingerprint density at radius 3 is 2.72 bits per heavy atom. The van der Waals surface area contributed by atoms with Crippen molar-refractivity contribution < 1.29 is 0 Å². The number of pyridine rings is 1. The summed E-state index contributed by atoms with van der Waals surface area (Å²) in [6.45, 7) is 3.98. The van der Waals surface area contributed by atoms with E-state index in [-0.39, 0.29) is 0 Å². The lowest BCUT2D eigenvalue weighted by Gasteiger charge is -2.42. The van der Waals surface area contributed by atoms with Gasteiger partial charge in [0.15, 0.2) is 5.65 Å². The topological polar surface area (TPSA) is 72.3 Å². The van der Waals surface area contributed by atoms with E-state index in [0.717, 1.165) is 52.9 Å². The van der Waals surface area contributed by atoms with Crippen molar-refractivity contribution in [2.45, 2.75) is 54.9 Å². The highest BCUT2D eigenvalue weighted by atomic mass is 35.5. The lowest BCUT2D eigenvalue weighted by molar-refractivity contribution is 0.197. The van der Waals surface area contributed by atoms with E-state index in [0.29, 0.717) is 16.6 Å². The second-order valence-corrected chi connectivity index (χ2v) is 9.66. The van der Waals surface area contributed by atoms with Gasteiger partial charge in [0, 0.05) is 54.4 Å². The number of hydrogen-bond acceptors (Lipinski definition) is 6. The van der Waals surface area contributed by atoms with Crippen molar-refractivity contribution >= 4 is 35.0 Å². The molecule has 8 heteroatoms. The lowest BCUT2D eigenvalue weighted by Crippen LogP contribution is -2.47. The number of aromatic nitrogens is 4. The van der Waals surface area contributed by atoms with Crippen LogP contribution in [-0.4, -0.2) is 38.5 Å². The van der Waals surface area contributed by atoms with Crippen molar-refractivity contribution in [1.29, 1.82) is 0 Å². The predicted octanol–water partition coefficient (Wildman–Crippen LogP) is 4.34. The van der Waals surface area contributed by atoms with Crippen molar-refractivity contribution in [1.82, 2.24) is 19.4 Å². The number of piperidine rings is 1. The van der Waals surface area contributed by atoms with Crippen molar-refractivity contribution in [2.24, 2.45) is 11.1 Å². The third kappa shape index (κ3) is 3.29. The van der Waals surface area contributed by atoms with Crippen LogP contribution in [0.3, 0.4) is 0 Å². The van der Waals surface area contributed by atoms with Gasteiger partial charge in [-0.1, -0.05) is 29.8 Å². The minimum absolute atomic E-state index is 0.346. The van der Waals surface area contributed by atoms with Gasteiger partial charge in [-0.25, -0.2) is 15.0 Å². The molecule has 1 saturated carbocycles. The Kier molecular flexibility index (Phi) is 4.92. The zero-order chi connectivity index (χ0) is 20.0. The molecule has 5 rings (SSSR count). The normalized spacial score (nSPS) is 21.3. The molecule has 2 N–H and O–H groups in total. The average molecular weight is 429 g/mol. The van der Waals surface area contributed by atoms with Crippen molar-refractivity contribution in [3.8, 4) is 0 Å². The van der Waals surface area contributed by atoms with Gasteiger partial charge >= 0.3 is 0 Å². The van der Waals surface area contributed by atoms with Crippen LogP contribution in [0.25, 0.3) is 5.65 Å². The number of nitrogens with zero attached hydrogens (tertiary/aromatic N) is 5. The van der Waals surface area contributed by atoms with E-state index in [1.165, 1.54) is 19.3 Å². The van der Waals surface area contributed by atoms with E-state index >= 15 is 0 Å². The summed E-state index contributed by atoms with van der Waals surface area (Å²) in [6, 6.07) is 2.34. The summed E-state index contributed by atoms with van der Waals surface area (Å²) in [4.78, 5) is 18.1. The fraction of sp³-hybridized carbons (Fsp3) is 0.476. The van der Waals surface area contributed by atoms with Gasteiger partial charge in [-0.3, -0.25) is 4.40 Å². The molecule has 2 fully saturated rings. The Balaban J connectivity index is 1.42. The zero-order valence-electron chi connectivity index (χ0n) is 16.5. The van der Waals surface area contributed by atoms with E-state index in [4.69, 9.17) is 22.3 Å². The number of halogens is 1. The maximum absolute atomic E-state index is 6.45. The van der Waals surface area contributed by atoms with Crippen LogP contribution in [-0.2, 0) is 0 Å². The molecule has 29 heavy (non-hydrogen) atoms. The van der Waals surface area contributed by atoms with Crippen LogP contribution < -0.4 is 10.6 Å². The molecule has 4 heterocycles. The molecule has 0 aromatic carbocycles. The zero-order valence-corrected chi connectivity index (χ0v) is 18.1. The Bertz CT molecular complexity index is 1040. The van der Waals surface area contributed by atoms with Crippen molar-refractivity contribution in [3.63, 3.8) is 0 Å². The molecule has 1 spiro atoms. The minimum atomic E-state index is 0.346.